The van der Waals surface area contributed by atoms with Crippen LogP contribution in [0.15, 0.2) is 18.3 Å². The lowest BCUT2D eigenvalue weighted by atomic mass is 10.3. The fourth-order valence-electron chi connectivity index (χ4n) is 1.22. The normalized spacial score (nSPS) is 10.6. The Morgan fingerprint density at radius 1 is 1.62 bits per heavy atom. The number of aryl methyl sites for hydroxylation is 1. The van der Waals surface area contributed by atoms with Crippen LogP contribution in [0.4, 0.5) is 0 Å². The third kappa shape index (κ3) is 1.21. The summed E-state index contributed by atoms with van der Waals surface area (Å²) in [5, 5.41) is 4.40. The zero-order valence-electron chi connectivity index (χ0n) is 6.99. The smallest absolute Gasteiger partial charge is 0.171 e. The summed E-state index contributed by atoms with van der Waals surface area (Å²) in [6.45, 7) is 1.96. The fourth-order valence-corrected chi connectivity index (χ4v) is 1.44. The molecule has 3 nitrogen and oxygen atoms in total. The number of carbonyl (C=O) groups excluding carboxylic acids is 1. The minimum atomic E-state index is 0.285. The maximum atomic E-state index is 10.5. The van der Waals surface area contributed by atoms with Crippen molar-refractivity contribution in [3.05, 3.63) is 34.6 Å². The first kappa shape index (κ1) is 8.26. The molecule has 0 radical (unpaired) electrons. The second-order valence-electron chi connectivity index (χ2n) is 2.85. The summed E-state index contributed by atoms with van der Waals surface area (Å²) in [6, 6.07) is 3.80. The lowest BCUT2D eigenvalue weighted by Crippen LogP contribution is -1.87. The molecule has 2 aromatic rings. The quantitative estimate of drug-likeness (QED) is 0.652. The highest BCUT2D eigenvalue weighted by atomic mass is 35.5. The Morgan fingerprint density at radius 3 is 3.08 bits per heavy atom. The van der Waals surface area contributed by atoms with Gasteiger partial charge in [0.25, 0.3) is 0 Å². The monoisotopic (exact) mass is 194 g/mol. The van der Waals surface area contributed by atoms with Crippen molar-refractivity contribution in [2.24, 2.45) is 0 Å². The van der Waals surface area contributed by atoms with Gasteiger partial charge in [-0.2, -0.15) is 5.10 Å². The van der Waals surface area contributed by atoms with E-state index in [1.807, 2.05) is 19.1 Å². The van der Waals surface area contributed by atoms with Gasteiger partial charge in [0.05, 0.1) is 10.5 Å². The number of fused-ring (bicyclic) bond motifs is 1. The van der Waals surface area contributed by atoms with E-state index in [0.717, 1.165) is 11.1 Å². The van der Waals surface area contributed by atoms with Gasteiger partial charge >= 0.3 is 0 Å². The number of hydrogen-bond donors (Lipinski definition) is 0. The molecule has 0 N–H and O–H groups in total. The van der Waals surface area contributed by atoms with Crippen molar-refractivity contribution in [3.63, 3.8) is 0 Å². The molecule has 2 aromatic heterocycles. The Bertz CT molecular complexity index is 476. The summed E-state index contributed by atoms with van der Waals surface area (Å²) in [6.07, 6.45) is 2.44. The lowest BCUT2D eigenvalue weighted by Gasteiger charge is -1.93. The third-order valence-electron chi connectivity index (χ3n) is 1.87. The molecule has 0 saturated carbocycles. The van der Waals surface area contributed by atoms with Crippen molar-refractivity contribution < 1.29 is 4.79 Å². The fraction of sp³-hybridized carbons (Fsp3) is 0.111. The van der Waals surface area contributed by atoms with Crippen molar-refractivity contribution >= 4 is 23.4 Å². The number of aldehydes is 1. The molecule has 0 bridgehead atoms. The molecule has 4 heteroatoms. The summed E-state index contributed by atoms with van der Waals surface area (Å²) in [5.74, 6) is 0. The van der Waals surface area contributed by atoms with Gasteiger partial charge in [-0.05, 0) is 24.6 Å². The maximum absolute atomic E-state index is 10.5. The number of hydrogen-bond acceptors (Lipinski definition) is 2. The highest BCUT2D eigenvalue weighted by Crippen LogP contribution is 2.20. The molecular weight excluding hydrogens is 188 g/mol. The van der Waals surface area contributed by atoms with Crippen molar-refractivity contribution in [1.29, 1.82) is 0 Å². The van der Waals surface area contributed by atoms with Gasteiger partial charge in [-0.15, -0.1) is 0 Å². The van der Waals surface area contributed by atoms with Gasteiger partial charge in [-0.1, -0.05) is 11.6 Å². The number of halogens is 1. The van der Waals surface area contributed by atoms with E-state index in [1.54, 1.807) is 10.7 Å². The Kier molecular flexibility index (Phi) is 1.81. The second kappa shape index (κ2) is 2.85. The topological polar surface area (TPSA) is 34.4 Å². The largest absolute Gasteiger partial charge is 0.296 e. The van der Waals surface area contributed by atoms with E-state index in [1.165, 1.54) is 0 Å². The van der Waals surface area contributed by atoms with Crippen LogP contribution in [0.5, 0.6) is 0 Å². The molecule has 0 fully saturated rings. The predicted octanol–water partition coefficient (Wildman–Crippen LogP) is 2.11. The van der Waals surface area contributed by atoms with E-state index < -0.39 is 0 Å². The SMILES string of the molecule is Cc1ccn2nc(C=O)c(Cl)c2c1. The Balaban J connectivity index is 2.84. The average Bonchev–Trinajstić information content (AvgIpc) is 2.44. The zero-order valence-corrected chi connectivity index (χ0v) is 7.75. The summed E-state index contributed by atoms with van der Waals surface area (Å²) in [5.41, 5.74) is 2.14. The molecule has 0 aromatic carbocycles. The van der Waals surface area contributed by atoms with Crippen LogP contribution >= 0.6 is 11.6 Å². The van der Waals surface area contributed by atoms with Gasteiger partial charge in [-0.3, -0.25) is 4.79 Å². The summed E-state index contributed by atoms with van der Waals surface area (Å²) >= 11 is 5.91. The number of nitrogens with zero attached hydrogens (tertiary/aromatic N) is 2. The standard InChI is InChI=1S/C9H7ClN2O/c1-6-2-3-12-8(4-6)9(10)7(5-13)11-12/h2-5H,1H3. The molecule has 0 spiro atoms. The maximum Gasteiger partial charge on any atom is 0.171 e. The lowest BCUT2D eigenvalue weighted by molar-refractivity contribution is 0.111. The van der Waals surface area contributed by atoms with Gasteiger partial charge in [0.2, 0.25) is 0 Å². The number of rotatable bonds is 1. The number of aromatic nitrogens is 2. The van der Waals surface area contributed by atoms with Crippen LogP contribution < -0.4 is 0 Å². The number of pyridine rings is 1. The molecule has 0 amide bonds. The Morgan fingerprint density at radius 2 is 2.38 bits per heavy atom. The molecule has 0 aliphatic carbocycles. The van der Waals surface area contributed by atoms with Crippen molar-refractivity contribution in [1.82, 2.24) is 9.61 Å². The molecule has 2 heterocycles. The summed E-state index contributed by atoms with van der Waals surface area (Å²) in [4.78, 5) is 10.5. The second-order valence-corrected chi connectivity index (χ2v) is 3.23. The van der Waals surface area contributed by atoms with Gasteiger partial charge in [-0.25, -0.2) is 4.52 Å². The van der Waals surface area contributed by atoms with E-state index in [0.29, 0.717) is 11.3 Å². The molecule has 0 unspecified atom stereocenters. The van der Waals surface area contributed by atoms with E-state index in [2.05, 4.69) is 5.10 Å². The van der Waals surface area contributed by atoms with Gasteiger partial charge in [0.15, 0.2) is 6.29 Å². The first-order chi connectivity index (χ1) is 6.22. The van der Waals surface area contributed by atoms with Crippen LogP contribution in [0.2, 0.25) is 5.02 Å². The first-order valence-electron chi connectivity index (χ1n) is 3.82. The highest BCUT2D eigenvalue weighted by molar-refractivity contribution is 6.36. The van der Waals surface area contributed by atoms with Crippen LogP contribution in [-0.2, 0) is 0 Å². The molecule has 0 aliphatic rings. The average molecular weight is 195 g/mol. The zero-order chi connectivity index (χ0) is 9.42. The minimum absolute atomic E-state index is 0.285. The molecule has 2 rings (SSSR count). The predicted molar refractivity (Wildman–Crippen MR) is 50.3 cm³/mol. The Hall–Kier alpha value is -1.35. The molecule has 0 saturated heterocycles. The first-order valence-corrected chi connectivity index (χ1v) is 4.20. The molecular formula is C9H7ClN2O. The van der Waals surface area contributed by atoms with E-state index in [4.69, 9.17) is 11.6 Å². The molecule has 66 valence electrons. The van der Waals surface area contributed by atoms with Gasteiger partial charge < -0.3 is 0 Å². The summed E-state index contributed by atoms with van der Waals surface area (Å²) < 4.78 is 1.60. The van der Waals surface area contributed by atoms with Crippen LogP contribution in [-0.4, -0.2) is 15.9 Å². The van der Waals surface area contributed by atoms with Crippen molar-refractivity contribution in [2.45, 2.75) is 6.92 Å². The van der Waals surface area contributed by atoms with Crippen molar-refractivity contribution in [3.8, 4) is 0 Å². The van der Waals surface area contributed by atoms with Gasteiger partial charge in [0.1, 0.15) is 5.69 Å². The minimum Gasteiger partial charge on any atom is -0.296 e. The van der Waals surface area contributed by atoms with Crippen LogP contribution in [0.25, 0.3) is 5.52 Å². The Labute approximate surface area is 79.9 Å². The van der Waals surface area contributed by atoms with E-state index >= 15 is 0 Å². The van der Waals surface area contributed by atoms with E-state index in [9.17, 15) is 4.79 Å². The third-order valence-corrected chi connectivity index (χ3v) is 2.25. The molecule has 13 heavy (non-hydrogen) atoms. The van der Waals surface area contributed by atoms with Crippen LogP contribution in [0.3, 0.4) is 0 Å². The number of carbonyl (C=O) groups is 1. The van der Waals surface area contributed by atoms with E-state index in [-0.39, 0.29) is 5.69 Å². The highest BCUT2D eigenvalue weighted by Gasteiger charge is 2.08. The molecule has 0 atom stereocenters. The van der Waals surface area contributed by atoms with Crippen LogP contribution in [0.1, 0.15) is 16.1 Å². The van der Waals surface area contributed by atoms with Crippen LogP contribution in [0, 0.1) is 6.92 Å². The molecule has 0 aliphatic heterocycles. The summed E-state index contributed by atoms with van der Waals surface area (Å²) in [7, 11) is 0. The van der Waals surface area contributed by atoms with Gasteiger partial charge in [0, 0.05) is 6.20 Å². The van der Waals surface area contributed by atoms with Crippen molar-refractivity contribution in [2.75, 3.05) is 0 Å².